The highest BCUT2D eigenvalue weighted by Crippen LogP contribution is 2.21. The SMILES string of the molecule is CN(CCC(=O)Nc1ccc(F)c(Cl)c1)C1CCSCC1. The molecule has 1 aliphatic rings. The van der Waals surface area contributed by atoms with Crippen LogP contribution in [0.3, 0.4) is 0 Å². The van der Waals surface area contributed by atoms with Crippen molar-refractivity contribution in [3.05, 3.63) is 29.0 Å². The molecule has 21 heavy (non-hydrogen) atoms. The number of halogens is 2. The number of rotatable bonds is 5. The van der Waals surface area contributed by atoms with Gasteiger partial charge in [-0.05, 0) is 49.6 Å². The lowest BCUT2D eigenvalue weighted by Crippen LogP contribution is -2.36. The van der Waals surface area contributed by atoms with E-state index in [-0.39, 0.29) is 10.9 Å². The second kappa shape index (κ2) is 8.01. The van der Waals surface area contributed by atoms with Crippen molar-refractivity contribution in [1.82, 2.24) is 4.90 Å². The molecule has 1 saturated heterocycles. The van der Waals surface area contributed by atoms with E-state index in [0.717, 1.165) is 6.54 Å². The van der Waals surface area contributed by atoms with Crippen molar-refractivity contribution in [2.24, 2.45) is 0 Å². The first-order chi connectivity index (χ1) is 10.1. The number of anilines is 1. The summed E-state index contributed by atoms with van der Waals surface area (Å²) in [6, 6.07) is 4.78. The van der Waals surface area contributed by atoms with Gasteiger partial charge in [-0.1, -0.05) is 11.6 Å². The minimum Gasteiger partial charge on any atom is -0.326 e. The van der Waals surface area contributed by atoms with Crippen LogP contribution in [0.4, 0.5) is 10.1 Å². The van der Waals surface area contributed by atoms with Crippen LogP contribution >= 0.6 is 23.4 Å². The summed E-state index contributed by atoms with van der Waals surface area (Å²) < 4.78 is 13.0. The van der Waals surface area contributed by atoms with E-state index in [4.69, 9.17) is 11.6 Å². The largest absolute Gasteiger partial charge is 0.326 e. The van der Waals surface area contributed by atoms with Gasteiger partial charge in [-0.2, -0.15) is 11.8 Å². The third kappa shape index (κ3) is 5.16. The lowest BCUT2D eigenvalue weighted by Gasteiger charge is -2.30. The fourth-order valence-corrected chi connectivity index (χ4v) is 3.65. The van der Waals surface area contributed by atoms with E-state index in [1.807, 2.05) is 11.8 Å². The van der Waals surface area contributed by atoms with Crippen molar-refractivity contribution in [2.75, 3.05) is 30.4 Å². The summed E-state index contributed by atoms with van der Waals surface area (Å²) in [6.07, 6.45) is 2.81. The minimum absolute atomic E-state index is 0.0182. The third-order valence-electron chi connectivity index (χ3n) is 3.71. The average molecular weight is 331 g/mol. The molecule has 0 unspecified atom stereocenters. The first-order valence-corrected chi connectivity index (χ1v) is 8.62. The van der Waals surface area contributed by atoms with Crippen LogP contribution in [-0.4, -0.2) is 41.9 Å². The Balaban J connectivity index is 1.77. The normalized spacial score (nSPS) is 16.2. The van der Waals surface area contributed by atoms with Gasteiger partial charge in [0, 0.05) is 24.7 Å². The molecule has 0 saturated carbocycles. The lowest BCUT2D eigenvalue weighted by atomic mass is 10.1. The van der Waals surface area contributed by atoms with E-state index in [9.17, 15) is 9.18 Å². The molecule has 0 aromatic heterocycles. The molecule has 0 radical (unpaired) electrons. The summed E-state index contributed by atoms with van der Waals surface area (Å²) in [5, 5.41) is 2.77. The highest BCUT2D eigenvalue weighted by atomic mass is 35.5. The maximum Gasteiger partial charge on any atom is 0.225 e. The summed E-state index contributed by atoms with van der Waals surface area (Å²) >= 11 is 7.69. The molecule has 1 amide bonds. The van der Waals surface area contributed by atoms with Crippen LogP contribution < -0.4 is 5.32 Å². The van der Waals surface area contributed by atoms with Gasteiger partial charge < -0.3 is 10.2 Å². The zero-order chi connectivity index (χ0) is 15.2. The van der Waals surface area contributed by atoms with Gasteiger partial charge in [0.25, 0.3) is 0 Å². The Bertz CT molecular complexity index is 495. The van der Waals surface area contributed by atoms with Gasteiger partial charge in [0.05, 0.1) is 5.02 Å². The van der Waals surface area contributed by atoms with E-state index >= 15 is 0 Å². The maximum absolute atomic E-state index is 13.0. The first kappa shape index (κ1) is 16.6. The molecule has 1 aromatic carbocycles. The molecule has 116 valence electrons. The number of carbonyl (C=O) groups excluding carboxylic acids is 1. The van der Waals surface area contributed by atoms with Crippen LogP contribution in [0.2, 0.25) is 5.02 Å². The number of carbonyl (C=O) groups is 1. The van der Waals surface area contributed by atoms with Gasteiger partial charge in [-0.25, -0.2) is 4.39 Å². The average Bonchev–Trinajstić information content (AvgIpc) is 2.49. The Morgan fingerprint density at radius 3 is 2.86 bits per heavy atom. The van der Waals surface area contributed by atoms with Crippen LogP contribution in [0.15, 0.2) is 18.2 Å². The van der Waals surface area contributed by atoms with Crippen LogP contribution in [0.25, 0.3) is 0 Å². The Morgan fingerprint density at radius 2 is 2.19 bits per heavy atom. The summed E-state index contributed by atoms with van der Waals surface area (Å²) in [5.74, 6) is 1.85. The fraction of sp³-hybridized carbons (Fsp3) is 0.533. The monoisotopic (exact) mass is 330 g/mol. The van der Waals surface area contributed by atoms with Crippen LogP contribution in [0.5, 0.6) is 0 Å². The van der Waals surface area contributed by atoms with Gasteiger partial charge in [0.1, 0.15) is 5.82 Å². The van der Waals surface area contributed by atoms with Crippen molar-refractivity contribution in [1.29, 1.82) is 0 Å². The standard InChI is InChI=1S/C15H20ClFN2OS/c1-19(12-5-8-21-9-6-12)7-4-15(20)18-11-2-3-14(17)13(16)10-11/h2-3,10,12H,4-9H2,1H3,(H,18,20). The number of nitrogens with zero attached hydrogens (tertiary/aromatic N) is 1. The molecule has 1 N–H and O–H groups in total. The molecule has 0 atom stereocenters. The van der Waals surface area contributed by atoms with E-state index < -0.39 is 5.82 Å². The Labute approximate surface area is 134 Å². The van der Waals surface area contributed by atoms with Gasteiger partial charge in [-0.3, -0.25) is 4.79 Å². The second-order valence-electron chi connectivity index (χ2n) is 5.25. The Hall–Kier alpha value is -0.780. The van der Waals surface area contributed by atoms with E-state index in [1.165, 1.54) is 42.5 Å². The summed E-state index contributed by atoms with van der Waals surface area (Å²) in [6.45, 7) is 0.732. The van der Waals surface area contributed by atoms with Gasteiger partial charge in [0.15, 0.2) is 0 Å². The summed E-state index contributed by atoms with van der Waals surface area (Å²) in [4.78, 5) is 14.2. The van der Waals surface area contributed by atoms with Crippen molar-refractivity contribution >= 4 is 35.0 Å². The molecule has 6 heteroatoms. The molecular formula is C15H20ClFN2OS. The van der Waals surface area contributed by atoms with Crippen molar-refractivity contribution in [2.45, 2.75) is 25.3 Å². The number of hydrogen-bond acceptors (Lipinski definition) is 3. The van der Waals surface area contributed by atoms with Crippen molar-refractivity contribution < 1.29 is 9.18 Å². The van der Waals surface area contributed by atoms with Crippen LogP contribution in [0.1, 0.15) is 19.3 Å². The van der Waals surface area contributed by atoms with Gasteiger partial charge in [-0.15, -0.1) is 0 Å². The van der Waals surface area contributed by atoms with E-state index in [1.54, 1.807) is 0 Å². The molecule has 3 nitrogen and oxygen atoms in total. The number of benzene rings is 1. The first-order valence-electron chi connectivity index (χ1n) is 7.09. The molecule has 1 fully saturated rings. The Morgan fingerprint density at radius 1 is 1.48 bits per heavy atom. The maximum atomic E-state index is 13.0. The predicted molar refractivity (Wildman–Crippen MR) is 87.6 cm³/mol. The number of nitrogens with one attached hydrogen (secondary N) is 1. The molecule has 0 spiro atoms. The van der Waals surface area contributed by atoms with Crippen molar-refractivity contribution in [3.8, 4) is 0 Å². The molecule has 1 aliphatic heterocycles. The summed E-state index contributed by atoms with van der Waals surface area (Å²) in [5.41, 5.74) is 0.531. The van der Waals surface area contributed by atoms with E-state index in [0.29, 0.717) is 18.2 Å². The molecule has 1 aromatic rings. The quantitative estimate of drug-likeness (QED) is 0.894. The minimum atomic E-state index is -0.482. The smallest absolute Gasteiger partial charge is 0.225 e. The van der Waals surface area contributed by atoms with Crippen LogP contribution in [0, 0.1) is 5.82 Å². The highest BCUT2D eigenvalue weighted by molar-refractivity contribution is 7.99. The topological polar surface area (TPSA) is 32.3 Å². The zero-order valence-corrected chi connectivity index (χ0v) is 13.6. The van der Waals surface area contributed by atoms with Gasteiger partial charge in [0.2, 0.25) is 5.91 Å². The number of thioether (sulfide) groups is 1. The Kier molecular flexibility index (Phi) is 6.33. The molecule has 1 heterocycles. The molecule has 0 bridgehead atoms. The third-order valence-corrected chi connectivity index (χ3v) is 5.05. The summed E-state index contributed by atoms with van der Waals surface area (Å²) in [7, 11) is 2.07. The number of hydrogen-bond donors (Lipinski definition) is 1. The highest BCUT2D eigenvalue weighted by Gasteiger charge is 2.18. The molecule has 2 rings (SSSR count). The van der Waals surface area contributed by atoms with Gasteiger partial charge >= 0.3 is 0 Å². The van der Waals surface area contributed by atoms with Crippen molar-refractivity contribution in [3.63, 3.8) is 0 Å². The second-order valence-corrected chi connectivity index (χ2v) is 6.88. The number of amides is 1. The van der Waals surface area contributed by atoms with Crippen LogP contribution in [-0.2, 0) is 4.79 Å². The van der Waals surface area contributed by atoms with E-state index in [2.05, 4.69) is 17.3 Å². The lowest BCUT2D eigenvalue weighted by molar-refractivity contribution is -0.116. The molecular weight excluding hydrogens is 311 g/mol. The molecule has 0 aliphatic carbocycles. The fourth-order valence-electron chi connectivity index (χ4n) is 2.38. The predicted octanol–water partition coefficient (Wildman–Crippen LogP) is 3.64. The zero-order valence-electron chi connectivity index (χ0n) is 12.1.